The average molecular weight is 382 g/mol. The Morgan fingerprint density at radius 2 is 1.97 bits per heavy atom. The van der Waals surface area contributed by atoms with Gasteiger partial charge in [0.15, 0.2) is 6.20 Å². The molecule has 0 saturated heterocycles. The molecule has 2 aromatic heterocycles. The maximum Gasteiger partial charge on any atom is 0.251 e. The molecule has 0 aliphatic rings. The first-order valence-electron chi connectivity index (χ1n) is 9.22. The van der Waals surface area contributed by atoms with Crippen molar-refractivity contribution in [1.82, 2.24) is 10.3 Å². The molecule has 6 heteroatoms. The van der Waals surface area contributed by atoms with E-state index < -0.39 is 0 Å². The highest BCUT2D eigenvalue weighted by atomic mass is 16.5. The molecule has 2 aromatic carbocycles. The summed E-state index contributed by atoms with van der Waals surface area (Å²) in [6.07, 6.45) is 3.81. The van der Waals surface area contributed by atoms with Crippen LogP contribution in [0.5, 0.6) is 0 Å². The Balaban J connectivity index is 1.39. The molecule has 0 radical (unpaired) electrons. The Bertz CT molecular complexity index is 1220. The number of nitrogens with zero attached hydrogens (tertiary/aromatic N) is 2. The minimum atomic E-state index is -0.167. The maximum atomic E-state index is 12.4. The molecule has 1 amide bonds. The number of H-pyrrole nitrogens is 1. The van der Waals surface area contributed by atoms with Crippen molar-refractivity contribution in [3.8, 4) is 17.3 Å². The lowest BCUT2D eigenvalue weighted by Gasteiger charge is -2.07. The van der Waals surface area contributed by atoms with Gasteiger partial charge in [0.25, 0.3) is 5.91 Å². The molecule has 6 nitrogen and oxygen atoms in total. The van der Waals surface area contributed by atoms with Gasteiger partial charge in [-0.15, -0.1) is 0 Å². The van der Waals surface area contributed by atoms with Crippen LogP contribution in [0.3, 0.4) is 0 Å². The Kier molecular flexibility index (Phi) is 4.95. The van der Waals surface area contributed by atoms with E-state index in [9.17, 15) is 10.0 Å². The van der Waals surface area contributed by atoms with Gasteiger partial charge in [-0.3, -0.25) is 4.79 Å². The van der Waals surface area contributed by atoms with Crippen molar-refractivity contribution in [2.24, 2.45) is 0 Å². The van der Waals surface area contributed by atoms with Crippen molar-refractivity contribution in [2.45, 2.75) is 6.42 Å². The molecule has 0 spiro atoms. The third kappa shape index (κ3) is 3.80. The van der Waals surface area contributed by atoms with E-state index in [1.807, 2.05) is 18.2 Å². The van der Waals surface area contributed by atoms with Gasteiger partial charge in [-0.2, -0.15) is 9.99 Å². The second-order valence-corrected chi connectivity index (χ2v) is 6.69. The Morgan fingerprint density at radius 1 is 1.14 bits per heavy atom. The van der Waals surface area contributed by atoms with E-state index in [1.165, 1.54) is 6.20 Å². The zero-order valence-corrected chi connectivity index (χ0v) is 15.6. The zero-order chi connectivity index (χ0) is 20.2. The van der Waals surface area contributed by atoms with Crippen molar-refractivity contribution >= 4 is 16.8 Å². The van der Waals surface area contributed by atoms with Crippen molar-refractivity contribution in [3.05, 3.63) is 95.0 Å². The molecule has 0 fully saturated rings. The fourth-order valence-corrected chi connectivity index (χ4v) is 3.28. The van der Waals surface area contributed by atoms with Crippen LogP contribution in [-0.4, -0.2) is 17.4 Å². The first-order chi connectivity index (χ1) is 14.2. The van der Waals surface area contributed by atoms with Gasteiger partial charge in [-0.1, -0.05) is 6.07 Å². The molecule has 142 valence electrons. The summed E-state index contributed by atoms with van der Waals surface area (Å²) in [5, 5.41) is 24.8. The van der Waals surface area contributed by atoms with E-state index in [2.05, 4.69) is 16.4 Å². The van der Waals surface area contributed by atoms with E-state index in [0.29, 0.717) is 29.8 Å². The smallest absolute Gasteiger partial charge is 0.251 e. The van der Waals surface area contributed by atoms with Crippen LogP contribution in [0.1, 0.15) is 21.5 Å². The number of nitriles is 1. The van der Waals surface area contributed by atoms with Crippen LogP contribution in [0.4, 0.5) is 0 Å². The first-order valence-corrected chi connectivity index (χ1v) is 9.22. The summed E-state index contributed by atoms with van der Waals surface area (Å²) in [4.78, 5) is 15.5. The minimum Gasteiger partial charge on any atom is -0.618 e. The molecular weight excluding hydrogens is 364 g/mol. The SMILES string of the molecule is N#Cc1c[nH]c2ccc(CCNC(=O)c3ccc(-c4cccc[n+]4[O-])cc3)cc12. The highest BCUT2D eigenvalue weighted by Gasteiger charge is 2.10. The third-order valence-corrected chi connectivity index (χ3v) is 4.83. The van der Waals surface area contributed by atoms with E-state index >= 15 is 0 Å². The van der Waals surface area contributed by atoms with Crippen molar-refractivity contribution < 1.29 is 9.52 Å². The number of fused-ring (bicyclic) bond motifs is 1. The standard InChI is InChI=1S/C23H18N4O2/c24-14-19-15-26-21-9-4-16(13-20(19)21)10-11-25-23(28)18-7-5-17(6-8-18)22-3-1-2-12-27(22)29/h1-9,12-13,15,26H,10-11H2,(H,25,28). The summed E-state index contributed by atoms with van der Waals surface area (Å²) in [6.45, 7) is 0.484. The number of aromatic amines is 1. The molecule has 0 saturated carbocycles. The minimum absolute atomic E-state index is 0.167. The largest absolute Gasteiger partial charge is 0.618 e. The molecule has 0 aliphatic heterocycles. The highest BCUT2D eigenvalue weighted by molar-refractivity contribution is 5.94. The van der Waals surface area contributed by atoms with Crippen LogP contribution in [0.15, 0.2) is 73.1 Å². The van der Waals surface area contributed by atoms with Crippen LogP contribution in [0, 0.1) is 16.5 Å². The van der Waals surface area contributed by atoms with Crippen LogP contribution >= 0.6 is 0 Å². The summed E-state index contributed by atoms with van der Waals surface area (Å²) < 4.78 is 0.800. The molecule has 0 aliphatic carbocycles. The van der Waals surface area contributed by atoms with E-state index in [4.69, 9.17) is 5.26 Å². The van der Waals surface area contributed by atoms with Gasteiger partial charge in [0, 0.05) is 46.9 Å². The van der Waals surface area contributed by atoms with Crippen molar-refractivity contribution in [3.63, 3.8) is 0 Å². The number of benzene rings is 2. The van der Waals surface area contributed by atoms with Gasteiger partial charge in [-0.05, 0) is 54.4 Å². The number of nitrogens with one attached hydrogen (secondary N) is 2. The molecular formula is C23H18N4O2. The summed E-state index contributed by atoms with van der Waals surface area (Å²) in [6, 6.07) is 20.2. The number of carbonyl (C=O) groups excluding carboxylic acids is 1. The summed E-state index contributed by atoms with van der Waals surface area (Å²) >= 11 is 0. The number of amides is 1. The molecule has 2 heterocycles. The molecule has 29 heavy (non-hydrogen) atoms. The monoisotopic (exact) mass is 382 g/mol. The summed E-state index contributed by atoms with van der Waals surface area (Å²) in [5.74, 6) is -0.167. The number of hydrogen-bond donors (Lipinski definition) is 2. The van der Waals surface area contributed by atoms with Gasteiger partial charge in [0.05, 0.1) is 5.56 Å². The lowest BCUT2D eigenvalue weighted by atomic mass is 10.1. The molecule has 4 aromatic rings. The predicted octanol–water partition coefficient (Wildman–Crippen LogP) is 3.31. The van der Waals surface area contributed by atoms with Gasteiger partial charge in [-0.25, -0.2) is 0 Å². The molecule has 0 atom stereocenters. The quantitative estimate of drug-likeness (QED) is 0.409. The van der Waals surface area contributed by atoms with Gasteiger partial charge >= 0.3 is 0 Å². The third-order valence-electron chi connectivity index (χ3n) is 4.83. The van der Waals surface area contributed by atoms with Crippen molar-refractivity contribution in [2.75, 3.05) is 6.54 Å². The Hall–Kier alpha value is -4.11. The molecule has 0 bridgehead atoms. The van der Waals surface area contributed by atoms with E-state index in [1.54, 1.807) is 48.7 Å². The fourth-order valence-electron chi connectivity index (χ4n) is 3.28. The zero-order valence-electron chi connectivity index (χ0n) is 15.6. The number of carbonyl (C=O) groups is 1. The van der Waals surface area contributed by atoms with Crippen LogP contribution in [-0.2, 0) is 6.42 Å². The average Bonchev–Trinajstić information content (AvgIpc) is 3.16. The number of aromatic nitrogens is 2. The Morgan fingerprint density at radius 3 is 2.72 bits per heavy atom. The normalized spacial score (nSPS) is 10.6. The van der Waals surface area contributed by atoms with E-state index in [0.717, 1.165) is 26.8 Å². The number of pyridine rings is 1. The maximum absolute atomic E-state index is 12.4. The summed E-state index contributed by atoms with van der Waals surface area (Å²) in [5.41, 5.74) is 4.42. The van der Waals surface area contributed by atoms with Crippen LogP contribution < -0.4 is 10.0 Å². The first kappa shape index (κ1) is 18.3. The van der Waals surface area contributed by atoms with Crippen LogP contribution in [0.25, 0.3) is 22.2 Å². The fraction of sp³-hybridized carbons (Fsp3) is 0.0870. The van der Waals surface area contributed by atoms with E-state index in [-0.39, 0.29) is 5.91 Å². The highest BCUT2D eigenvalue weighted by Crippen LogP contribution is 2.19. The Labute approximate surface area is 167 Å². The second-order valence-electron chi connectivity index (χ2n) is 6.69. The van der Waals surface area contributed by atoms with Gasteiger partial charge in [0.1, 0.15) is 6.07 Å². The second kappa shape index (κ2) is 7.87. The lowest BCUT2D eigenvalue weighted by Crippen LogP contribution is -2.28. The number of rotatable bonds is 5. The number of hydrogen-bond acceptors (Lipinski definition) is 3. The van der Waals surface area contributed by atoms with Gasteiger partial charge in [0.2, 0.25) is 5.69 Å². The van der Waals surface area contributed by atoms with Gasteiger partial charge < -0.3 is 15.5 Å². The lowest BCUT2D eigenvalue weighted by molar-refractivity contribution is -0.593. The molecule has 4 rings (SSSR count). The summed E-state index contributed by atoms with van der Waals surface area (Å²) in [7, 11) is 0. The van der Waals surface area contributed by atoms with Crippen LogP contribution in [0.2, 0.25) is 0 Å². The molecule has 2 N–H and O–H groups in total. The van der Waals surface area contributed by atoms with Crippen molar-refractivity contribution in [1.29, 1.82) is 5.26 Å². The molecule has 0 unspecified atom stereocenters. The topological polar surface area (TPSA) is 95.6 Å². The predicted molar refractivity (Wildman–Crippen MR) is 110 cm³/mol.